The number of nitrogens with two attached hydrogens (primary N) is 1. The van der Waals surface area contributed by atoms with E-state index in [0.29, 0.717) is 24.2 Å². The third-order valence-electron chi connectivity index (χ3n) is 3.57. The van der Waals surface area contributed by atoms with E-state index in [-0.39, 0.29) is 0 Å². The number of nitrogens with zero attached hydrogens (tertiary/aromatic N) is 1. The minimum absolute atomic E-state index is 0.295. The molecule has 2 rings (SSSR count). The molecule has 2 aromatic carbocycles. The highest BCUT2D eigenvalue weighted by Gasteiger charge is 2.07. The molecule has 0 bridgehead atoms. The van der Waals surface area contributed by atoms with Gasteiger partial charge in [0, 0.05) is 18.5 Å². The van der Waals surface area contributed by atoms with E-state index < -0.39 is 0 Å². The normalized spacial score (nSPS) is 12.6. The van der Waals surface area contributed by atoms with Crippen LogP contribution in [0.1, 0.15) is 18.4 Å². The molecule has 1 atom stereocenters. The SMILES string of the molecule is COc1ccc(OC)c(NC(N)=NCC(C)c2ccccc2)c1. The summed E-state index contributed by atoms with van der Waals surface area (Å²) in [6.45, 7) is 2.73. The Morgan fingerprint density at radius 2 is 1.87 bits per heavy atom. The molecule has 23 heavy (non-hydrogen) atoms. The highest BCUT2D eigenvalue weighted by Crippen LogP contribution is 2.28. The van der Waals surface area contributed by atoms with Gasteiger partial charge in [-0.2, -0.15) is 0 Å². The molecule has 3 N–H and O–H groups in total. The smallest absolute Gasteiger partial charge is 0.193 e. The summed E-state index contributed by atoms with van der Waals surface area (Å²) in [5, 5.41) is 3.07. The zero-order valence-corrected chi connectivity index (χ0v) is 13.7. The lowest BCUT2D eigenvalue weighted by atomic mass is 10.0. The topological polar surface area (TPSA) is 68.9 Å². The average molecular weight is 313 g/mol. The molecule has 0 heterocycles. The summed E-state index contributed by atoms with van der Waals surface area (Å²) >= 11 is 0. The van der Waals surface area contributed by atoms with Crippen molar-refractivity contribution in [3.8, 4) is 11.5 Å². The van der Waals surface area contributed by atoms with Gasteiger partial charge in [0.2, 0.25) is 0 Å². The summed E-state index contributed by atoms with van der Waals surface area (Å²) in [6, 6.07) is 15.7. The number of guanidine groups is 1. The van der Waals surface area contributed by atoms with Crippen molar-refractivity contribution in [1.29, 1.82) is 0 Å². The fourth-order valence-corrected chi connectivity index (χ4v) is 2.21. The Morgan fingerprint density at radius 1 is 1.13 bits per heavy atom. The lowest BCUT2D eigenvalue weighted by molar-refractivity contribution is 0.405. The van der Waals surface area contributed by atoms with Gasteiger partial charge >= 0.3 is 0 Å². The van der Waals surface area contributed by atoms with Crippen molar-refractivity contribution in [2.24, 2.45) is 10.7 Å². The summed E-state index contributed by atoms with van der Waals surface area (Å²) in [7, 11) is 3.22. The third kappa shape index (κ3) is 4.64. The molecule has 0 amide bonds. The maximum atomic E-state index is 5.99. The molecule has 5 nitrogen and oxygen atoms in total. The molecule has 5 heteroatoms. The number of rotatable bonds is 6. The maximum Gasteiger partial charge on any atom is 0.193 e. The number of anilines is 1. The first-order valence-corrected chi connectivity index (χ1v) is 7.48. The van der Waals surface area contributed by atoms with Crippen LogP contribution >= 0.6 is 0 Å². The van der Waals surface area contributed by atoms with Crippen molar-refractivity contribution < 1.29 is 9.47 Å². The largest absolute Gasteiger partial charge is 0.497 e. The van der Waals surface area contributed by atoms with E-state index in [1.54, 1.807) is 14.2 Å². The van der Waals surface area contributed by atoms with Crippen LogP contribution in [-0.4, -0.2) is 26.7 Å². The summed E-state index contributed by atoms with van der Waals surface area (Å²) < 4.78 is 10.5. The minimum Gasteiger partial charge on any atom is -0.497 e. The van der Waals surface area contributed by atoms with Crippen molar-refractivity contribution >= 4 is 11.6 Å². The molecule has 122 valence electrons. The number of aliphatic imine (C=N–C) groups is 1. The Kier molecular flexibility index (Phi) is 5.86. The first-order valence-electron chi connectivity index (χ1n) is 7.48. The molecule has 0 spiro atoms. The van der Waals surface area contributed by atoms with Crippen molar-refractivity contribution in [1.82, 2.24) is 0 Å². The van der Waals surface area contributed by atoms with E-state index in [9.17, 15) is 0 Å². The van der Waals surface area contributed by atoms with E-state index in [1.165, 1.54) is 5.56 Å². The Balaban J connectivity index is 2.05. The van der Waals surface area contributed by atoms with Crippen LogP contribution in [0.25, 0.3) is 0 Å². The van der Waals surface area contributed by atoms with Gasteiger partial charge in [0.05, 0.1) is 19.9 Å². The maximum absolute atomic E-state index is 5.99. The first-order chi connectivity index (χ1) is 11.1. The van der Waals surface area contributed by atoms with Gasteiger partial charge in [0.1, 0.15) is 11.5 Å². The van der Waals surface area contributed by atoms with Gasteiger partial charge in [-0.15, -0.1) is 0 Å². The van der Waals surface area contributed by atoms with Crippen LogP contribution in [0.5, 0.6) is 11.5 Å². The molecule has 2 aromatic rings. The van der Waals surface area contributed by atoms with Crippen LogP contribution in [0.15, 0.2) is 53.5 Å². The zero-order valence-electron chi connectivity index (χ0n) is 13.7. The van der Waals surface area contributed by atoms with E-state index in [0.717, 1.165) is 11.4 Å². The molecule has 0 radical (unpaired) electrons. The van der Waals surface area contributed by atoms with Crippen molar-refractivity contribution in [2.45, 2.75) is 12.8 Å². The number of methoxy groups -OCH3 is 2. The van der Waals surface area contributed by atoms with Gasteiger partial charge < -0.3 is 20.5 Å². The van der Waals surface area contributed by atoms with Gasteiger partial charge in [-0.25, -0.2) is 0 Å². The predicted molar refractivity (Wildman–Crippen MR) is 94.5 cm³/mol. The Hall–Kier alpha value is -2.69. The Labute approximate surface area is 137 Å². The van der Waals surface area contributed by atoms with E-state index in [4.69, 9.17) is 15.2 Å². The van der Waals surface area contributed by atoms with Crippen LogP contribution in [0.3, 0.4) is 0 Å². The van der Waals surface area contributed by atoms with E-state index in [1.807, 2.05) is 36.4 Å². The van der Waals surface area contributed by atoms with Crippen LogP contribution in [0.2, 0.25) is 0 Å². The highest BCUT2D eigenvalue weighted by atomic mass is 16.5. The van der Waals surface area contributed by atoms with E-state index >= 15 is 0 Å². The Bertz CT molecular complexity index is 657. The minimum atomic E-state index is 0.295. The third-order valence-corrected chi connectivity index (χ3v) is 3.57. The van der Waals surface area contributed by atoms with Crippen LogP contribution in [0, 0.1) is 0 Å². The molecule has 0 aliphatic heterocycles. The van der Waals surface area contributed by atoms with Gasteiger partial charge in [-0.3, -0.25) is 4.99 Å². The second-order valence-corrected chi connectivity index (χ2v) is 5.23. The molecule has 0 fully saturated rings. The number of ether oxygens (including phenoxy) is 2. The predicted octanol–water partition coefficient (Wildman–Crippen LogP) is 3.23. The van der Waals surface area contributed by atoms with Crippen molar-refractivity contribution in [3.05, 3.63) is 54.1 Å². The molecule has 0 aliphatic rings. The molecular weight excluding hydrogens is 290 g/mol. The zero-order chi connectivity index (χ0) is 16.7. The summed E-state index contributed by atoms with van der Waals surface area (Å²) in [6.07, 6.45) is 0. The number of hydrogen-bond acceptors (Lipinski definition) is 3. The quantitative estimate of drug-likeness (QED) is 0.634. The first kappa shape index (κ1) is 16.7. The molecule has 1 unspecified atom stereocenters. The molecular formula is C18H23N3O2. The average Bonchev–Trinajstić information content (AvgIpc) is 2.60. The number of benzene rings is 2. The Morgan fingerprint density at radius 3 is 2.52 bits per heavy atom. The van der Waals surface area contributed by atoms with Crippen LogP contribution in [-0.2, 0) is 0 Å². The second-order valence-electron chi connectivity index (χ2n) is 5.23. The fraction of sp³-hybridized carbons (Fsp3) is 0.278. The lowest BCUT2D eigenvalue weighted by Crippen LogP contribution is -2.23. The lowest BCUT2D eigenvalue weighted by Gasteiger charge is -2.13. The molecule has 0 saturated heterocycles. The number of hydrogen-bond donors (Lipinski definition) is 2. The molecule has 0 aromatic heterocycles. The summed E-state index contributed by atoms with van der Waals surface area (Å²) in [4.78, 5) is 4.41. The van der Waals surface area contributed by atoms with Crippen LogP contribution < -0.4 is 20.5 Å². The van der Waals surface area contributed by atoms with E-state index in [2.05, 4.69) is 29.4 Å². The fourth-order valence-electron chi connectivity index (χ4n) is 2.21. The standard InChI is InChI=1S/C18H23N3O2/c1-13(14-7-5-4-6-8-14)12-20-18(19)21-16-11-15(22-2)9-10-17(16)23-3/h4-11,13H,12H2,1-3H3,(H3,19,20,21). The van der Waals surface area contributed by atoms with Gasteiger partial charge in [0.25, 0.3) is 0 Å². The molecule has 0 aliphatic carbocycles. The molecule has 0 saturated carbocycles. The van der Waals surface area contributed by atoms with Gasteiger partial charge in [0.15, 0.2) is 5.96 Å². The van der Waals surface area contributed by atoms with Gasteiger partial charge in [-0.05, 0) is 17.7 Å². The number of nitrogens with one attached hydrogen (secondary N) is 1. The van der Waals surface area contributed by atoms with Crippen LogP contribution in [0.4, 0.5) is 5.69 Å². The highest BCUT2D eigenvalue weighted by molar-refractivity contribution is 5.94. The summed E-state index contributed by atoms with van der Waals surface area (Å²) in [5.41, 5.74) is 7.95. The summed E-state index contributed by atoms with van der Waals surface area (Å²) in [5.74, 6) is 2.04. The van der Waals surface area contributed by atoms with Crippen molar-refractivity contribution in [2.75, 3.05) is 26.1 Å². The van der Waals surface area contributed by atoms with Gasteiger partial charge in [-0.1, -0.05) is 37.3 Å². The second kappa shape index (κ2) is 8.08. The monoisotopic (exact) mass is 313 g/mol. The van der Waals surface area contributed by atoms with Crippen molar-refractivity contribution in [3.63, 3.8) is 0 Å².